The Kier molecular flexibility index (Phi) is 2.72. The van der Waals surface area contributed by atoms with E-state index in [2.05, 4.69) is 0 Å². The summed E-state index contributed by atoms with van der Waals surface area (Å²) in [7, 11) is 0. The summed E-state index contributed by atoms with van der Waals surface area (Å²) in [4.78, 5) is 0. The van der Waals surface area contributed by atoms with Gasteiger partial charge in [-0.2, -0.15) is 0 Å². The second-order valence-electron chi connectivity index (χ2n) is 2.09. The van der Waals surface area contributed by atoms with E-state index < -0.39 is 0 Å². The van der Waals surface area contributed by atoms with Crippen LogP contribution in [0.4, 0.5) is 0 Å². The lowest BCUT2D eigenvalue weighted by Gasteiger charge is -1.98. The van der Waals surface area contributed by atoms with Gasteiger partial charge in [0.15, 0.2) is 0 Å². The lowest BCUT2D eigenvalue weighted by Crippen LogP contribution is -1.92. The van der Waals surface area contributed by atoms with Crippen LogP contribution in [0.2, 0.25) is 5.02 Å². The highest BCUT2D eigenvalue weighted by Gasteiger charge is 1.94. The van der Waals surface area contributed by atoms with Gasteiger partial charge in [0, 0.05) is 11.6 Å². The fraction of sp³-hybridized carbons (Fsp3) is 0.250. The van der Waals surface area contributed by atoms with E-state index in [4.69, 9.17) is 17.3 Å². The Morgan fingerprint density at radius 2 is 2.00 bits per heavy atom. The van der Waals surface area contributed by atoms with Crippen LogP contribution in [0.25, 0.3) is 0 Å². The Labute approximate surface area is 65.8 Å². The Bertz CT molecular complexity index is 210. The van der Waals surface area contributed by atoms with Crippen molar-refractivity contribution in [3.63, 3.8) is 0 Å². The minimum Gasteiger partial charge on any atom is -0.258 e. The molecule has 0 aromatic heterocycles. The van der Waals surface area contributed by atoms with Gasteiger partial charge >= 0.3 is 0 Å². The van der Waals surface area contributed by atoms with Crippen molar-refractivity contribution in [1.82, 2.24) is 5.73 Å². The molecule has 0 saturated heterocycles. The molecule has 0 saturated carbocycles. The van der Waals surface area contributed by atoms with Crippen LogP contribution in [0.15, 0.2) is 24.3 Å². The molecule has 0 amide bonds. The number of nitrogens with one attached hydrogen (secondary N) is 1. The van der Waals surface area contributed by atoms with Crippen LogP contribution in [-0.2, 0) is 6.42 Å². The van der Waals surface area contributed by atoms with E-state index in [0.717, 1.165) is 17.0 Å². The Morgan fingerprint density at radius 3 is 2.60 bits per heavy atom. The maximum Gasteiger partial charge on any atom is 0.0438 e. The van der Waals surface area contributed by atoms with Crippen molar-refractivity contribution in [2.24, 2.45) is 0 Å². The first kappa shape index (κ1) is 7.58. The van der Waals surface area contributed by atoms with Crippen LogP contribution in [0.3, 0.4) is 0 Å². The number of hydrogen-bond donors (Lipinski definition) is 0. The van der Waals surface area contributed by atoms with Crippen molar-refractivity contribution in [3.05, 3.63) is 34.9 Å². The minimum atomic E-state index is 0.406. The van der Waals surface area contributed by atoms with E-state index in [-0.39, 0.29) is 0 Å². The third-order valence-electron chi connectivity index (χ3n) is 1.35. The van der Waals surface area contributed by atoms with Crippen molar-refractivity contribution in [3.8, 4) is 0 Å². The van der Waals surface area contributed by atoms with E-state index in [1.165, 1.54) is 0 Å². The predicted molar refractivity (Wildman–Crippen MR) is 43.1 cm³/mol. The lowest BCUT2D eigenvalue weighted by atomic mass is 10.1. The summed E-state index contributed by atoms with van der Waals surface area (Å²) in [5, 5.41) is 0.773. The first-order chi connectivity index (χ1) is 4.84. The van der Waals surface area contributed by atoms with E-state index in [1.54, 1.807) is 0 Å². The second-order valence-corrected chi connectivity index (χ2v) is 2.50. The maximum atomic E-state index is 6.98. The number of hydrogen-bond acceptors (Lipinski definition) is 0. The summed E-state index contributed by atoms with van der Waals surface area (Å²) in [6, 6.07) is 7.65. The topological polar surface area (TPSA) is 23.8 Å². The van der Waals surface area contributed by atoms with Gasteiger partial charge in [0.1, 0.15) is 0 Å². The highest BCUT2D eigenvalue weighted by atomic mass is 35.5. The summed E-state index contributed by atoms with van der Waals surface area (Å²) >= 11 is 5.82. The van der Waals surface area contributed by atoms with Crippen molar-refractivity contribution in [2.45, 2.75) is 6.42 Å². The average molecular weight is 155 g/mol. The predicted octanol–water partition coefficient (Wildman–Crippen LogP) is 2.17. The SMILES string of the molecule is [NH]CCc1ccccc1Cl. The zero-order valence-electron chi connectivity index (χ0n) is 5.60. The molecule has 0 atom stereocenters. The van der Waals surface area contributed by atoms with Crippen LogP contribution in [0.1, 0.15) is 5.56 Å². The minimum absolute atomic E-state index is 0.406. The van der Waals surface area contributed by atoms with Gasteiger partial charge in [0.05, 0.1) is 0 Å². The number of benzene rings is 1. The molecule has 0 heterocycles. The van der Waals surface area contributed by atoms with E-state index in [0.29, 0.717) is 6.54 Å². The molecule has 0 aliphatic carbocycles. The van der Waals surface area contributed by atoms with Gasteiger partial charge in [-0.1, -0.05) is 29.8 Å². The molecule has 1 nitrogen and oxygen atoms in total. The molecular formula is C8H9ClN. The zero-order chi connectivity index (χ0) is 7.40. The first-order valence-electron chi connectivity index (χ1n) is 3.22. The fourth-order valence-corrected chi connectivity index (χ4v) is 1.07. The molecule has 0 bridgehead atoms. The van der Waals surface area contributed by atoms with Gasteiger partial charge < -0.3 is 0 Å². The quantitative estimate of drug-likeness (QED) is 0.624. The fourth-order valence-electron chi connectivity index (χ4n) is 0.836. The summed E-state index contributed by atoms with van der Waals surface area (Å²) in [5.74, 6) is 0. The summed E-state index contributed by atoms with van der Waals surface area (Å²) in [5.41, 5.74) is 8.05. The first-order valence-corrected chi connectivity index (χ1v) is 3.60. The van der Waals surface area contributed by atoms with Crippen molar-refractivity contribution < 1.29 is 0 Å². The van der Waals surface area contributed by atoms with E-state index in [9.17, 15) is 0 Å². The van der Waals surface area contributed by atoms with Gasteiger partial charge in [-0.25, -0.2) is 0 Å². The van der Waals surface area contributed by atoms with Crippen molar-refractivity contribution in [2.75, 3.05) is 6.54 Å². The monoisotopic (exact) mass is 154 g/mol. The highest BCUT2D eigenvalue weighted by Crippen LogP contribution is 2.14. The molecule has 1 aromatic rings. The summed E-state index contributed by atoms with van der Waals surface area (Å²) < 4.78 is 0. The van der Waals surface area contributed by atoms with Crippen LogP contribution >= 0.6 is 11.6 Å². The van der Waals surface area contributed by atoms with E-state index in [1.807, 2.05) is 24.3 Å². The maximum absolute atomic E-state index is 6.98. The number of halogens is 1. The Morgan fingerprint density at radius 1 is 1.30 bits per heavy atom. The van der Waals surface area contributed by atoms with E-state index >= 15 is 0 Å². The van der Waals surface area contributed by atoms with Crippen LogP contribution in [-0.4, -0.2) is 6.54 Å². The van der Waals surface area contributed by atoms with Crippen molar-refractivity contribution >= 4 is 11.6 Å². The average Bonchev–Trinajstić information content (AvgIpc) is 1.94. The van der Waals surface area contributed by atoms with Crippen LogP contribution in [0.5, 0.6) is 0 Å². The molecule has 53 valence electrons. The molecule has 0 unspecified atom stereocenters. The third kappa shape index (κ3) is 1.72. The Hall–Kier alpha value is -0.530. The molecule has 0 aliphatic rings. The molecule has 1 radical (unpaired) electrons. The molecule has 10 heavy (non-hydrogen) atoms. The molecule has 0 spiro atoms. The summed E-state index contributed by atoms with van der Waals surface area (Å²) in [6.45, 7) is 0.406. The normalized spacial score (nSPS) is 9.80. The van der Waals surface area contributed by atoms with Crippen molar-refractivity contribution in [1.29, 1.82) is 0 Å². The lowest BCUT2D eigenvalue weighted by molar-refractivity contribution is 0.941. The van der Waals surface area contributed by atoms with Crippen LogP contribution in [0, 0.1) is 0 Å². The molecule has 0 fully saturated rings. The Balaban J connectivity index is 2.81. The standard InChI is InChI=1S/C8H9ClN/c9-8-4-2-1-3-7(8)5-6-10/h1-4,10H,5-6H2. The molecule has 0 aliphatic heterocycles. The van der Waals surface area contributed by atoms with Gasteiger partial charge in [-0.05, 0) is 18.1 Å². The largest absolute Gasteiger partial charge is 0.258 e. The van der Waals surface area contributed by atoms with Gasteiger partial charge in [-0.3, -0.25) is 5.73 Å². The highest BCUT2D eigenvalue weighted by molar-refractivity contribution is 6.31. The van der Waals surface area contributed by atoms with Gasteiger partial charge in [0.25, 0.3) is 0 Å². The second kappa shape index (κ2) is 3.59. The zero-order valence-corrected chi connectivity index (χ0v) is 6.36. The molecule has 1 aromatic carbocycles. The molecule has 1 N–H and O–H groups in total. The van der Waals surface area contributed by atoms with Gasteiger partial charge in [0.2, 0.25) is 0 Å². The summed E-state index contributed by atoms with van der Waals surface area (Å²) in [6.07, 6.45) is 0.750. The van der Waals surface area contributed by atoms with Gasteiger partial charge in [-0.15, -0.1) is 0 Å². The van der Waals surface area contributed by atoms with Crippen LogP contribution < -0.4 is 5.73 Å². The molecular weight excluding hydrogens is 146 g/mol. The number of rotatable bonds is 2. The molecule has 2 heteroatoms. The third-order valence-corrected chi connectivity index (χ3v) is 1.72. The smallest absolute Gasteiger partial charge is 0.0438 e. The molecule has 1 rings (SSSR count).